The first kappa shape index (κ1) is 12.3. The summed E-state index contributed by atoms with van der Waals surface area (Å²) in [5, 5.41) is 0.768. The highest BCUT2D eigenvalue weighted by atomic mass is 32.2. The predicted molar refractivity (Wildman–Crippen MR) is 65.8 cm³/mol. The van der Waals surface area contributed by atoms with Gasteiger partial charge in [0.15, 0.2) is 0 Å². The molecule has 0 amide bonds. The fraction of sp³-hybridized carbons (Fsp3) is 1.00. The van der Waals surface area contributed by atoms with Gasteiger partial charge in [0.25, 0.3) is 0 Å². The van der Waals surface area contributed by atoms with Crippen molar-refractivity contribution in [2.75, 3.05) is 18.8 Å². The molecule has 1 fully saturated rings. The summed E-state index contributed by atoms with van der Waals surface area (Å²) in [6.45, 7) is 11.4. The van der Waals surface area contributed by atoms with Crippen LogP contribution in [0.2, 0.25) is 0 Å². The van der Waals surface area contributed by atoms with Crippen molar-refractivity contribution in [2.24, 2.45) is 11.7 Å². The summed E-state index contributed by atoms with van der Waals surface area (Å²) in [4.78, 5) is 2.59. The van der Waals surface area contributed by atoms with Crippen molar-refractivity contribution >= 4 is 11.8 Å². The zero-order valence-electron chi connectivity index (χ0n) is 9.86. The van der Waals surface area contributed by atoms with Crippen LogP contribution in [-0.2, 0) is 0 Å². The van der Waals surface area contributed by atoms with E-state index in [0.717, 1.165) is 11.8 Å². The van der Waals surface area contributed by atoms with Crippen molar-refractivity contribution < 1.29 is 0 Å². The molecule has 3 heteroatoms. The third-order valence-electron chi connectivity index (χ3n) is 3.43. The number of hydrogen-bond acceptors (Lipinski definition) is 3. The van der Waals surface area contributed by atoms with Crippen LogP contribution in [0.1, 0.15) is 27.7 Å². The Balaban J connectivity index is 2.43. The Bertz CT molecular complexity index is 173. The normalized spacial score (nSPS) is 34.1. The average Bonchev–Trinajstić information content (AvgIpc) is 2.12. The van der Waals surface area contributed by atoms with Crippen LogP contribution in [0.3, 0.4) is 0 Å². The maximum absolute atomic E-state index is 5.90. The molecule has 4 unspecified atom stereocenters. The molecule has 1 heterocycles. The molecule has 1 aliphatic heterocycles. The van der Waals surface area contributed by atoms with Crippen LogP contribution < -0.4 is 5.73 Å². The first-order valence-electron chi connectivity index (χ1n) is 5.63. The minimum Gasteiger partial charge on any atom is -0.328 e. The molecule has 1 rings (SSSR count). The second-order valence-electron chi connectivity index (χ2n) is 4.65. The van der Waals surface area contributed by atoms with Gasteiger partial charge in [-0.25, -0.2) is 0 Å². The van der Waals surface area contributed by atoms with Gasteiger partial charge in [0.2, 0.25) is 0 Å². The molecule has 14 heavy (non-hydrogen) atoms. The molecule has 0 aromatic heterocycles. The van der Waals surface area contributed by atoms with Crippen molar-refractivity contribution in [2.45, 2.75) is 45.0 Å². The predicted octanol–water partition coefficient (Wildman–Crippen LogP) is 1.80. The number of rotatable bonds is 3. The quantitative estimate of drug-likeness (QED) is 0.780. The molecule has 0 spiro atoms. The SMILES string of the molecule is CC(N)C(C)CN1CCSC(C)C1C. The lowest BCUT2D eigenvalue weighted by molar-refractivity contribution is 0.177. The van der Waals surface area contributed by atoms with Gasteiger partial charge in [-0.15, -0.1) is 0 Å². The van der Waals surface area contributed by atoms with Gasteiger partial charge < -0.3 is 5.73 Å². The van der Waals surface area contributed by atoms with Gasteiger partial charge >= 0.3 is 0 Å². The Labute approximate surface area is 92.6 Å². The van der Waals surface area contributed by atoms with E-state index in [1.807, 2.05) is 0 Å². The molecule has 2 nitrogen and oxygen atoms in total. The van der Waals surface area contributed by atoms with Crippen LogP contribution in [0.25, 0.3) is 0 Å². The van der Waals surface area contributed by atoms with E-state index in [0.29, 0.717) is 18.0 Å². The van der Waals surface area contributed by atoms with Crippen molar-refractivity contribution in [1.29, 1.82) is 0 Å². The third-order valence-corrected chi connectivity index (χ3v) is 4.77. The van der Waals surface area contributed by atoms with E-state index >= 15 is 0 Å². The van der Waals surface area contributed by atoms with E-state index in [9.17, 15) is 0 Å². The highest BCUT2D eigenvalue weighted by molar-refractivity contribution is 8.00. The van der Waals surface area contributed by atoms with Gasteiger partial charge in [-0.1, -0.05) is 13.8 Å². The molecular weight excluding hydrogens is 192 g/mol. The van der Waals surface area contributed by atoms with Crippen LogP contribution in [0, 0.1) is 5.92 Å². The Kier molecular flexibility index (Phi) is 4.74. The van der Waals surface area contributed by atoms with Crippen LogP contribution in [0.5, 0.6) is 0 Å². The van der Waals surface area contributed by atoms with E-state index in [-0.39, 0.29) is 0 Å². The molecule has 0 aliphatic carbocycles. The number of hydrogen-bond donors (Lipinski definition) is 1. The molecule has 84 valence electrons. The molecule has 1 aliphatic rings. The molecule has 0 aromatic carbocycles. The van der Waals surface area contributed by atoms with E-state index in [2.05, 4.69) is 44.4 Å². The zero-order valence-corrected chi connectivity index (χ0v) is 10.7. The zero-order chi connectivity index (χ0) is 10.7. The monoisotopic (exact) mass is 216 g/mol. The standard InChI is InChI=1S/C11H24N2S/c1-8(9(2)12)7-13-5-6-14-11(4)10(13)3/h8-11H,5-7,12H2,1-4H3. The van der Waals surface area contributed by atoms with E-state index in [1.165, 1.54) is 12.3 Å². The molecule has 0 radical (unpaired) electrons. The van der Waals surface area contributed by atoms with Gasteiger partial charge in [-0.05, 0) is 19.8 Å². The minimum atomic E-state index is 0.312. The minimum absolute atomic E-state index is 0.312. The van der Waals surface area contributed by atoms with E-state index in [1.54, 1.807) is 0 Å². The van der Waals surface area contributed by atoms with Crippen LogP contribution >= 0.6 is 11.8 Å². The number of nitrogens with zero attached hydrogens (tertiary/aromatic N) is 1. The molecule has 0 bridgehead atoms. The summed E-state index contributed by atoms with van der Waals surface area (Å²) in [6, 6.07) is 1.02. The van der Waals surface area contributed by atoms with Crippen LogP contribution in [0.15, 0.2) is 0 Å². The van der Waals surface area contributed by atoms with E-state index < -0.39 is 0 Å². The smallest absolute Gasteiger partial charge is 0.0184 e. The second-order valence-corrected chi connectivity index (χ2v) is 6.13. The first-order chi connectivity index (χ1) is 6.52. The van der Waals surface area contributed by atoms with Gasteiger partial charge in [0.05, 0.1) is 0 Å². The first-order valence-corrected chi connectivity index (χ1v) is 6.68. The van der Waals surface area contributed by atoms with Gasteiger partial charge in [-0.3, -0.25) is 4.90 Å². The lowest BCUT2D eigenvalue weighted by Crippen LogP contribution is -2.48. The summed E-state index contributed by atoms with van der Waals surface area (Å²) in [5.41, 5.74) is 5.90. The van der Waals surface area contributed by atoms with Crippen molar-refractivity contribution in [3.05, 3.63) is 0 Å². The maximum atomic E-state index is 5.90. The molecule has 2 N–H and O–H groups in total. The molecule has 1 saturated heterocycles. The summed E-state index contributed by atoms with van der Waals surface area (Å²) < 4.78 is 0. The summed E-state index contributed by atoms with van der Waals surface area (Å²) in [5.74, 6) is 1.88. The average molecular weight is 216 g/mol. The maximum Gasteiger partial charge on any atom is 0.0184 e. The lowest BCUT2D eigenvalue weighted by atomic mass is 10.0. The Hall–Kier alpha value is 0.270. The number of nitrogens with two attached hydrogens (primary N) is 1. The van der Waals surface area contributed by atoms with Crippen molar-refractivity contribution in [3.63, 3.8) is 0 Å². The third kappa shape index (κ3) is 3.14. The van der Waals surface area contributed by atoms with Gasteiger partial charge in [0.1, 0.15) is 0 Å². The van der Waals surface area contributed by atoms with Gasteiger partial charge in [-0.2, -0.15) is 11.8 Å². The molecule has 0 aromatic rings. The molecule has 4 atom stereocenters. The topological polar surface area (TPSA) is 29.3 Å². The lowest BCUT2D eigenvalue weighted by Gasteiger charge is -2.39. The molecule has 0 saturated carbocycles. The highest BCUT2D eigenvalue weighted by Crippen LogP contribution is 2.24. The van der Waals surface area contributed by atoms with Crippen LogP contribution in [-0.4, -0.2) is 41.1 Å². The largest absolute Gasteiger partial charge is 0.328 e. The van der Waals surface area contributed by atoms with Gasteiger partial charge in [0, 0.05) is 36.2 Å². The summed E-state index contributed by atoms with van der Waals surface area (Å²) in [6.07, 6.45) is 0. The second kappa shape index (κ2) is 5.38. The highest BCUT2D eigenvalue weighted by Gasteiger charge is 2.26. The Morgan fingerprint density at radius 2 is 2.07 bits per heavy atom. The Morgan fingerprint density at radius 1 is 1.43 bits per heavy atom. The fourth-order valence-electron chi connectivity index (χ4n) is 1.79. The van der Waals surface area contributed by atoms with E-state index in [4.69, 9.17) is 5.73 Å². The van der Waals surface area contributed by atoms with Crippen LogP contribution in [0.4, 0.5) is 0 Å². The number of thioether (sulfide) groups is 1. The molecular formula is C11H24N2S. The van der Waals surface area contributed by atoms with Crippen molar-refractivity contribution in [1.82, 2.24) is 4.90 Å². The van der Waals surface area contributed by atoms with Crippen molar-refractivity contribution in [3.8, 4) is 0 Å². The summed E-state index contributed by atoms with van der Waals surface area (Å²) in [7, 11) is 0. The fourth-order valence-corrected chi connectivity index (χ4v) is 2.95. The Morgan fingerprint density at radius 3 is 2.64 bits per heavy atom. The summed E-state index contributed by atoms with van der Waals surface area (Å²) >= 11 is 2.09.